The van der Waals surface area contributed by atoms with Crippen LogP contribution in [0.15, 0.2) is 0 Å². The van der Waals surface area contributed by atoms with E-state index in [2.05, 4.69) is 33.0 Å². The molecule has 0 aromatic rings. The first-order chi connectivity index (χ1) is 6.70. The number of unbranched alkanes of at least 4 members (excludes halogenated alkanes) is 1. The molecule has 1 heteroatoms. The lowest BCUT2D eigenvalue weighted by molar-refractivity contribution is 0.412. The van der Waals surface area contributed by atoms with Crippen molar-refractivity contribution in [1.29, 1.82) is 0 Å². The quantitative estimate of drug-likeness (QED) is 0.659. The predicted molar refractivity (Wildman–Crippen MR) is 63.4 cm³/mol. The minimum absolute atomic E-state index is 0.825. The second-order valence-electron chi connectivity index (χ2n) is 5.07. The SMILES string of the molecule is CCCCC(CC)CNC1C(C)C1C. The minimum atomic E-state index is 0.825. The van der Waals surface area contributed by atoms with E-state index in [0.717, 1.165) is 23.8 Å². The molecule has 0 spiro atoms. The summed E-state index contributed by atoms with van der Waals surface area (Å²) in [6, 6.07) is 0.825. The molecular weight excluding hydrogens is 170 g/mol. The fourth-order valence-corrected chi connectivity index (χ4v) is 2.28. The normalized spacial score (nSPS) is 33.0. The number of rotatable bonds is 7. The molecule has 3 atom stereocenters. The molecular formula is C13H27N. The van der Waals surface area contributed by atoms with Crippen LogP contribution in [0.5, 0.6) is 0 Å². The number of hydrogen-bond acceptors (Lipinski definition) is 1. The summed E-state index contributed by atoms with van der Waals surface area (Å²) in [5, 5.41) is 3.72. The molecule has 1 aliphatic rings. The van der Waals surface area contributed by atoms with Gasteiger partial charge in [0.15, 0.2) is 0 Å². The molecule has 14 heavy (non-hydrogen) atoms. The average Bonchev–Trinajstić information content (AvgIpc) is 2.76. The summed E-state index contributed by atoms with van der Waals surface area (Å²) in [5.41, 5.74) is 0. The monoisotopic (exact) mass is 197 g/mol. The Kier molecular flexibility index (Phi) is 4.94. The van der Waals surface area contributed by atoms with Gasteiger partial charge in [-0.2, -0.15) is 0 Å². The summed E-state index contributed by atoms with van der Waals surface area (Å²) in [6.07, 6.45) is 5.49. The lowest BCUT2D eigenvalue weighted by Gasteiger charge is -2.15. The average molecular weight is 197 g/mol. The van der Waals surface area contributed by atoms with Gasteiger partial charge >= 0.3 is 0 Å². The van der Waals surface area contributed by atoms with E-state index < -0.39 is 0 Å². The van der Waals surface area contributed by atoms with Gasteiger partial charge < -0.3 is 5.32 Å². The molecule has 3 unspecified atom stereocenters. The summed E-state index contributed by atoms with van der Waals surface area (Å²) in [4.78, 5) is 0. The van der Waals surface area contributed by atoms with E-state index in [1.165, 1.54) is 32.2 Å². The van der Waals surface area contributed by atoms with E-state index in [1.807, 2.05) is 0 Å². The van der Waals surface area contributed by atoms with Crippen molar-refractivity contribution in [1.82, 2.24) is 5.32 Å². The molecule has 0 radical (unpaired) electrons. The maximum atomic E-state index is 3.72. The van der Waals surface area contributed by atoms with Crippen molar-refractivity contribution in [2.45, 2.75) is 59.4 Å². The van der Waals surface area contributed by atoms with Crippen LogP contribution in [0.25, 0.3) is 0 Å². The standard InChI is InChI=1S/C13H27N/c1-5-7-8-12(6-2)9-14-13-10(3)11(13)4/h10-14H,5-9H2,1-4H3. The van der Waals surface area contributed by atoms with Crippen LogP contribution in [0.1, 0.15) is 53.4 Å². The van der Waals surface area contributed by atoms with E-state index in [9.17, 15) is 0 Å². The van der Waals surface area contributed by atoms with Gasteiger partial charge in [0.2, 0.25) is 0 Å². The summed E-state index contributed by atoms with van der Waals surface area (Å²) in [7, 11) is 0. The Morgan fingerprint density at radius 2 is 1.79 bits per heavy atom. The highest BCUT2D eigenvalue weighted by Gasteiger charge is 2.42. The highest BCUT2D eigenvalue weighted by Crippen LogP contribution is 2.37. The molecule has 0 bridgehead atoms. The van der Waals surface area contributed by atoms with Gasteiger partial charge in [-0.15, -0.1) is 0 Å². The van der Waals surface area contributed by atoms with Crippen LogP contribution in [0.2, 0.25) is 0 Å². The third-order valence-electron chi connectivity index (χ3n) is 4.01. The topological polar surface area (TPSA) is 12.0 Å². The summed E-state index contributed by atoms with van der Waals surface area (Å²) in [5.74, 6) is 2.74. The van der Waals surface area contributed by atoms with Gasteiger partial charge in [-0.25, -0.2) is 0 Å². The van der Waals surface area contributed by atoms with Crippen molar-refractivity contribution in [3.05, 3.63) is 0 Å². The first-order valence-corrected chi connectivity index (χ1v) is 6.44. The molecule has 0 aromatic heterocycles. The maximum Gasteiger partial charge on any atom is 0.0125 e. The fourth-order valence-electron chi connectivity index (χ4n) is 2.28. The van der Waals surface area contributed by atoms with Gasteiger partial charge in [-0.1, -0.05) is 47.0 Å². The van der Waals surface area contributed by atoms with Gasteiger partial charge in [0.25, 0.3) is 0 Å². The van der Waals surface area contributed by atoms with Gasteiger partial charge in [-0.05, 0) is 30.7 Å². The van der Waals surface area contributed by atoms with E-state index in [4.69, 9.17) is 0 Å². The Balaban J connectivity index is 2.08. The Bertz CT molecular complexity index is 147. The van der Waals surface area contributed by atoms with Crippen LogP contribution in [-0.4, -0.2) is 12.6 Å². The smallest absolute Gasteiger partial charge is 0.0125 e. The van der Waals surface area contributed by atoms with Crippen molar-refractivity contribution in [2.75, 3.05) is 6.54 Å². The lowest BCUT2D eigenvalue weighted by atomic mass is 9.99. The Hall–Kier alpha value is -0.0400. The van der Waals surface area contributed by atoms with Crippen LogP contribution < -0.4 is 5.32 Å². The third-order valence-corrected chi connectivity index (χ3v) is 4.01. The zero-order valence-corrected chi connectivity index (χ0v) is 10.3. The summed E-state index contributed by atoms with van der Waals surface area (Å²) < 4.78 is 0. The van der Waals surface area contributed by atoms with Gasteiger partial charge in [-0.3, -0.25) is 0 Å². The first kappa shape index (κ1) is 12.0. The van der Waals surface area contributed by atoms with E-state index >= 15 is 0 Å². The van der Waals surface area contributed by atoms with Gasteiger partial charge in [0, 0.05) is 6.04 Å². The van der Waals surface area contributed by atoms with E-state index in [-0.39, 0.29) is 0 Å². The molecule has 1 aliphatic carbocycles. The molecule has 0 aliphatic heterocycles. The second kappa shape index (κ2) is 5.75. The third kappa shape index (κ3) is 3.27. The van der Waals surface area contributed by atoms with Crippen LogP contribution in [0.3, 0.4) is 0 Å². The lowest BCUT2D eigenvalue weighted by Crippen LogP contribution is -2.26. The number of nitrogens with one attached hydrogen (secondary N) is 1. The fraction of sp³-hybridized carbons (Fsp3) is 1.00. The van der Waals surface area contributed by atoms with Crippen molar-refractivity contribution in [2.24, 2.45) is 17.8 Å². The van der Waals surface area contributed by atoms with Crippen molar-refractivity contribution in [3.8, 4) is 0 Å². The van der Waals surface area contributed by atoms with Crippen molar-refractivity contribution >= 4 is 0 Å². The molecule has 1 N–H and O–H groups in total. The van der Waals surface area contributed by atoms with E-state index in [1.54, 1.807) is 0 Å². The van der Waals surface area contributed by atoms with Crippen molar-refractivity contribution in [3.63, 3.8) is 0 Å². The van der Waals surface area contributed by atoms with Crippen LogP contribution in [0.4, 0.5) is 0 Å². The second-order valence-corrected chi connectivity index (χ2v) is 5.07. The minimum Gasteiger partial charge on any atom is -0.313 e. The molecule has 0 aromatic carbocycles. The highest BCUT2D eigenvalue weighted by atomic mass is 15.0. The van der Waals surface area contributed by atoms with Crippen LogP contribution >= 0.6 is 0 Å². The number of hydrogen-bond donors (Lipinski definition) is 1. The summed E-state index contributed by atoms with van der Waals surface area (Å²) in [6.45, 7) is 10.6. The van der Waals surface area contributed by atoms with Gasteiger partial charge in [0.1, 0.15) is 0 Å². The van der Waals surface area contributed by atoms with E-state index in [0.29, 0.717) is 0 Å². The van der Waals surface area contributed by atoms with Crippen LogP contribution in [-0.2, 0) is 0 Å². The zero-order chi connectivity index (χ0) is 10.6. The Morgan fingerprint density at radius 3 is 2.21 bits per heavy atom. The Morgan fingerprint density at radius 1 is 1.14 bits per heavy atom. The maximum absolute atomic E-state index is 3.72. The molecule has 1 nitrogen and oxygen atoms in total. The molecule has 0 heterocycles. The molecule has 1 fully saturated rings. The molecule has 0 saturated heterocycles. The molecule has 84 valence electrons. The first-order valence-electron chi connectivity index (χ1n) is 6.44. The molecule has 1 saturated carbocycles. The zero-order valence-electron chi connectivity index (χ0n) is 10.3. The largest absolute Gasteiger partial charge is 0.313 e. The molecule has 0 amide bonds. The summed E-state index contributed by atoms with van der Waals surface area (Å²) >= 11 is 0. The Labute approximate surface area is 89.7 Å². The van der Waals surface area contributed by atoms with Gasteiger partial charge in [0.05, 0.1) is 0 Å². The van der Waals surface area contributed by atoms with Crippen molar-refractivity contribution < 1.29 is 0 Å². The van der Waals surface area contributed by atoms with Crippen LogP contribution in [0, 0.1) is 17.8 Å². The highest BCUT2D eigenvalue weighted by molar-refractivity contribution is 4.97. The predicted octanol–water partition coefficient (Wildman–Crippen LogP) is 3.45. The molecule has 1 rings (SSSR count).